The second kappa shape index (κ2) is 7.96. The van der Waals surface area contributed by atoms with E-state index >= 15 is 0 Å². The predicted octanol–water partition coefficient (Wildman–Crippen LogP) is 0.467. The minimum Gasteiger partial charge on any atom is -0.347 e. The number of rotatable bonds is 7. The van der Waals surface area contributed by atoms with Crippen molar-refractivity contribution in [3.05, 3.63) is 0 Å². The summed E-state index contributed by atoms with van der Waals surface area (Å²) in [7, 11) is 7.87. The standard InChI is InChI=1S/C15H32N4O/c1-12(2)19(10-9-17(3)4)11-13-7-8-14(16-13)15(20)18(5)6/h12-14,16H,7-11H2,1-6H3. The number of nitrogens with zero attached hydrogens (tertiary/aromatic N) is 3. The number of hydrogen-bond acceptors (Lipinski definition) is 4. The van der Waals surface area contributed by atoms with E-state index in [4.69, 9.17) is 0 Å². The van der Waals surface area contributed by atoms with E-state index in [-0.39, 0.29) is 11.9 Å². The highest BCUT2D eigenvalue weighted by molar-refractivity contribution is 5.81. The summed E-state index contributed by atoms with van der Waals surface area (Å²) in [5.41, 5.74) is 0. The lowest BCUT2D eigenvalue weighted by atomic mass is 10.1. The van der Waals surface area contributed by atoms with Crippen LogP contribution in [0.4, 0.5) is 0 Å². The molecule has 0 saturated carbocycles. The molecule has 0 spiro atoms. The molecule has 1 rings (SSSR count). The van der Waals surface area contributed by atoms with Crippen molar-refractivity contribution in [1.82, 2.24) is 20.0 Å². The molecule has 2 unspecified atom stereocenters. The molecular formula is C15H32N4O. The number of likely N-dealkylation sites (N-methyl/N-ethyl adjacent to an activating group) is 2. The van der Waals surface area contributed by atoms with Crippen LogP contribution >= 0.6 is 0 Å². The molecule has 5 nitrogen and oxygen atoms in total. The van der Waals surface area contributed by atoms with Gasteiger partial charge in [-0.1, -0.05) is 0 Å². The molecule has 2 atom stereocenters. The van der Waals surface area contributed by atoms with E-state index in [1.807, 2.05) is 14.1 Å². The Bertz CT molecular complexity index is 304. The third kappa shape index (κ3) is 5.38. The molecule has 0 radical (unpaired) electrons. The van der Waals surface area contributed by atoms with Crippen molar-refractivity contribution in [3.8, 4) is 0 Å². The lowest BCUT2D eigenvalue weighted by molar-refractivity contribution is -0.130. The molecule has 1 heterocycles. The van der Waals surface area contributed by atoms with Crippen molar-refractivity contribution in [1.29, 1.82) is 0 Å². The third-order valence-electron chi connectivity index (χ3n) is 4.00. The number of hydrogen-bond donors (Lipinski definition) is 1. The van der Waals surface area contributed by atoms with Crippen LogP contribution in [0.5, 0.6) is 0 Å². The SMILES string of the molecule is CC(C)N(CCN(C)C)CC1CCC(C(=O)N(C)C)N1. The first-order valence-corrected chi connectivity index (χ1v) is 7.67. The van der Waals surface area contributed by atoms with Gasteiger partial charge in [0.15, 0.2) is 0 Å². The van der Waals surface area contributed by atoms with Crippen LogP contribution in [-0.2, 0) is 4.79 Å². The van der Waals surface area contributed by atoms with Gasteiger partial charge in [0.1, 0.15) is 0 Å². The van der Waals surface area contributed by atoms with Crippen LogP contribution in [0.2, 0.25) is 0 Å². The third-order valence-corrected chi connectivity index (χ3v) is 4.00. The zero-order valence-electron chi connectivity index (χ0n) is 14.0. The Labute approximate surface area is 124 Å². The Hall–Kier alpha value is -0.650. The molecule has 0 aromatic carbocycles. The molecule has 0 aromatic heterocycles. The summed E-state index contributed by atoms with van der Waals surface area (Å²) in [6.07, 6.45) is 2.05. The van der Waals surface area contributed by atoms with E-state index in [1.54, 1.807) is 4.90 Å². The van der Waals surface area contributed by atoms with E-state index < -0.39 is 0 Å². The summed E-state index contributed by atoms with van der Waals surface area (Å²) in [5, 5.41) is 3.50. The fraction of sp³-hybridized carbons (Fsp3) is 0.933. The molecule has 0 bridgehead atoms. The highest BCUT2D eigenvalue weighted by atomic mass is 16.2. The van der Waals surface area contributed by atoms with Gasteiger partial charge in [-0.05, 0) is 40.8 Å². The molecule has 1 fully saturated rings. The molecule has 118 valence electrons. The molecule has 1 aliphatic rings. The number of nitrogens with one attached hydrogen (secondary N) is 1. The quantitative estimate of drug-likeness (QED) is 0.737. The number of carbonyl (C=O) groups is 1. The first kappa shape index (κ1) is 17.4. The maximum Gasteiger partial charge on any atom is 0.239 e. The monoisotopic (exact) mass is 284 g/mol. The molecule has 20 heavy (non-hydrogen) atoms. The van der Waals surface area contributed by atoms with Crippen molar-refractivity contribution in [2.75, 3.05) is 47.8 Å². The van der Waals surface area contributed by atoms with Gasteiger partial charge < -0.3 is 15.1 Å². The van der Waals surface area contributed by atoms with Crippen molar-refractivity contribution >= 4 is 5.91 Å². The fourth-order valence-electron chi connectivity index (χ4n) is 2.64. The molecule has 1 saturated heterocycles. The maximum atomic E-state index is 12.0. The van der Waals surface area contributed by atoms with Crippen LogP contribution in [0, 0.1) is 0 Å². The summed E-state index contributed by atoms with van der Waals surface area (Å²) >= 11 is 0. The molecule has 1 amide bonds. The molecule has 0 aliphatic carbocycles. The van der Waals surface area contributed by atoms with Crippen LogP contribution < -0.4 is 5.32 Å². The van der Waals surface area contributed by atoms with E-state index in [2.05, 4.69) is 43.1 Å². The fourth-order valence-corrected chi connectivity index (χ4v) is 2.64. The van der Waals surface area contributed by atoms with Gasteiger partial charge in [-0.15, -0.1) is 0 Å². The zero-order chi connectivity index (χ0) is 15.3. The highest BCUT2D eigenvalue weighted by Gasteiger charge is 2.31. The largest absolute Gasteiger partial charge is 0.347 e. The summed E-state index contributed by atoms with van der Waals surface area (Å²) < 4.78 is 0. The van der Waals surface area contributed by atoms with Gasteiger partial charge in [-0.2, -0.15) is 0 Å². The lowest BCUT2D eigenvalue weighted by Crippen LogP contribution is -2.48. The van der Waals surface area contributed by atoms with Gasteiger partial charge in [0.2, 0.25) is 5.91 Å². The van der Waals surface area contributed by atoms with Gasteiger partial charge >= 0.3 is 0 Å². The van der Waals surface area contributed by atoms with Crippen molar-refractivity contribution < 1.29 is 4.79 Å². The first-order valence-electron chi connectivity index (χ1n) is 7.67. The van der Waals surface area contributed by atoms with Crippen LogP contribution in [0.3, 0.4) is 0 Å². The predicted molar refractivity (Wildman–Crippen MR) is 83.9 cm³/mol. The Morgan fingerprint density at radius 2 is 1.80 bits per heavy atom. The van der Waals surface area contributed by atoms with E-state index in [0.29, 0.717) is 12.1 Å². The van der Waals surface area contributed by atoms with Gasteiger partial charge in [-0.25, -0.2) is 0 Å². The summed E-state index contributed by atoms with van der Waals surface area (Å²) in [6.45, 7) is 7.67. The Morgan fingerprint density at radius 3 is 2.30 bits per heavy atom. The second-order valence-electron chi connectivity index (χ2n) is 6.62. The molecule has 5 heteroatoms. The Balaban J connectivity index is 2.44. The van der Waals surface area contributed by atoms with E-state index in [0.717, 1.165) is 32.5 Å². The molecule has 1 N–H and O–H groups in total. The minimum atomic E-state index is 0.0119. The van der Waals surface area contributed by atoms with Crippen molar-refractivity contribution in [2.24, 2.45) is 0 Å². The number of amides is 1. The second-order valence-corrected chi connectivity index (χ2v) is 6.62. The normalized spacial score (nSPS) is 23.1. The van der Waals surface area contributed by atoms with Crippen LogP contribution in [0.25, 0.3) is 0 Å². The minimum absolute atomic E-state index is 0.0119. The maximum absolute atomic E-state index is 12.0. The summed E-state index contributed by atoms with van der Waals surface area (Å²) in [5.74, 6) is 0.205. The highest BCUT2D eigenvalue weighted by Crippen LogP contribution is 2.16. The van der Waals surface area contributed by atoms with Crippen molar-refractivity contribution in [2.45, 2.75) is 44.8 Å². The van der Waals surface area contributed by atoms with Crippen LogP contribution in [-0.4, -0.2) is 86.6 Å². The average molecular weight is 284 g/mol. The Morgan fingerprint density at radius 1 is 1.15 bits per heavy atom. The molecule has 1 aliphatic heterocycles. The molecule has 0 aromatic rings. The van der Waals surface area contributed by atoms with E-state index in [1.165, 1.54) is 0 Å². The van der Waals surface area contributed by atoms with Gasteiger partial charge in [0.05, 0.1) is 6.04 Å². The topological polar surface area (TPSA) is 38.8 Å². The van der Waals surface area contributed by atoms with Gasteiger partial charge in [-0.3, -0.25) is 9.69 Å². The number of carbonyl (C=O) groups excluding carboxylic acids is 1. The first-order chi connectivity index (χ1) is 9.31. The average Bonchev–Trinajstić information content (AvgIpc) is 2.81. The van der Waals surface area contributed by atoms with Crippen molar-refractivity contribution in [3.63, 3.8) is 0 Å². The lowest BCUT2D eigenvalue weighted by Gasteiger charge is -2.30. The van der Waals surface area contributed by atoms with Crippen LogP contribution in [0.15, 0.2) is 0 Å². The zero-order valence-corrected chi connectivity index (χ0v) is 14.0. The Kier molecular flexibility index (Phi) is 6.92. The smallest absolute Gasteiger partial charge is 0.239 e. The summed E-state index contributed by atoms with van der Waals surface area (Å²) in [4.78, 5) is 18.4. The summed E-state index contributed by atoms with van der Waals surface area (Å²) in [6, 6.07) is 0.992. The van der Waals surface area contributed by atoms with Crippen LogP contribution in [0.1, 0.15) is 26.7 Å². The molecular weight excluding hydrogens is 252 g/mol. The van der Waals surface area contributed by atoms with Gasteiger partial charge in [0, 0.05) is 45.8 Å². The van der Waals surface area contributed by atoms with E-state index in [9.17, 15) is 4.79 Å². The van der Waals surface area contributed by atoms with Gasteiger partial charge in [0.25, 0.3) is 0 Å².